The number of rotatable bonds is 9. The Morgan fingerprint density at radius 3 is 2.62 bits per heavy atom. The third kappa shape index (κ3) is 7.64. The van der Waals surface area contributed by atoms with Gasteiger partial charge in [-0.15, -0.1) is 0 Å². The second kappa shape index (κ2) is 15.2. The van der Waals surface area contributed by atoms with Crippen LogP contribution in [0.25, 0.3) is 10.9 Å². The summed E-state index contributed by atoms with van der Waals surface area (Å²) in [5.74, 6) is -1.39. The molecule has 14 heteroatoms. The lowest BCUT2D eigenvalue weighted by molar-refractivity contribution is -0.143. The molecule has 3 aliphatic heterocycles. The molecule has 2 aliphatic carbocycles. The molecule has 12 nitrogen and oxygen atoms in total. The largest absolute Gasteiger partial charge is 0.497 e. The summed E-state index contributed by atoms with van der Waals surface area (Å²) in [6.07, 6.45) is 7.69. The number of sulfonamides is 1. The number of nitrogens with one attached hydrogen (secondary N) is 2. The second-order valence-electron chi connectivity index (χ2n) is 17.5. The molecule has 5 aliphatic rings. The Hall–Kier alpha value is -3.78. The van der Waals surface area contributed by atoms with Crippen LogP contribution in [0.5, 0.6) is 11.5 Å². The van der Waals surface area contributed by atoms with Crippen LogP contribution in [0.1, 0.15) is 116 Å². The maximum Gasteiger partial charge on any atom is 0.259 e. The number of pyridine rings is 1. The quantitative estimate of drug-likeness (QED) is 0.285. The molecule has 2 N–H and O–H groups in total. The number of amides is 3. The van der Waals surface area contributed by atoms with Gasteiger partial charge in [-0.3, -0.25) is 19.1 Å². The lowest BCUT2D eigenvalue weighted by atomic mass is 9.86. The van der Waals surface area contributed by atoms with E-state index in [0.717, 1.165) is 25.7 Å². The summed E-state index contributed by atoms with van der Waals surface area (Å²) in [4.78, 5) is 49.7. The normalized spacial score (nSPS) is 31.2. The van der Waals surface area contributed by atoms with E-state index < -0.39 is 61.8 Å². The van der Waals surface area contributed by atoms with Crippen molar-refractivity contribution in [2.24, 2.45) is 17.8 Å². The predicted molar refractivity (Wildman–Crippen MR) is 209 cm³/mol. The molecule has 0 radical (unpaired) electrons. The Balaban J connectivity index is 1.24. The van der Waals surface area contributed by atoms with Crippen molar-refractivity contribution in [3.8, 4) is 11.5 Å². The molecule has 7 rings (SSSR count). The highest BCUT2D eigenvalue weighted by Gasteiger charge is 2.64. The van der Waals surface area contributed by atoms with Crippen LogP contribution >= 0.6 is 0 Å². The van der Waals surface area contributed by atoms with Crippen molar-refractivity contribution in [2.75, 3.05) is 20.3 Å². The van der Waals surface area contributed by atoms with Gasteiger partial charge in [0.2, 0.25) is 21.8 Å². The summed E-state index contributed by atoms with van der Waals surface area (Å²) in [6.45, 7) is 9.85. The predicted octanol–water partition coefficient (Wildman–Crippen LogP) is 6.15. The molecule has 1 saturated heterocycles. The number of alkyl halides is 1. The first-order valence-corrected chi connectivity index (χ1v) is 21.8. The van der Waals surface area contributed by atoms with Gasteiger partial charge in [0.1, 0.15) is 34.9 Å². The fraction of sp³-hybridized carbons (Fsp3) is 0.667. The lowest BCUT2D eigenvalue weighted by Crippen LogP contribution is -2.57. The number of fused-ring (bicyclic) bond motifs is 5. The number of benzene rings is 1. The second-order valence-corrected chi connectivity index (χ2v) is 19.7. The van der Waals surface area contributed by atoms with E-state index in [2.05, 4.69) is 23.9 Å². The Morgan fingerprint density at radius 1 is 1.14 bits per heavy atom. The topological polar surface area (TPSA) is 153 Å². The number of ether oxygens (including phenoxy) is 3. The fourth-order valence-corrected chi connectivity index (χ4v) is 9.95. The highest BCUT2D eigenvalue weighted by molar-refractivity contribution is 7.91. The van der Waals surface area contributed by atoms with E-state index in [1.807, 2.05) is 19.1 Å². The van der Waals surface area contributed by atoms with Gasteiger partial charge < -0.3 is 24.4 Å². The molecule has 0 unspecified atom stereocenters. The summed E-state index contributed by atoms with van der Waals surface area (Å²) >= 11 is 0. The van der Waals surface area contributed by atoms with Crippen molar-refractivity contribution in [1.29, 1.82) is 0 Å². The van der Waals surface area contributed by atoms with Crippen LogP contribution < -0.4 is 19.5 Å². The molecule has 1 aromatic heterocycles. The highest BCUT2D eigenvalue weighted by atomic mass is 32.2. The minimum absolute atomic E-state index is 0.00189. The maximum atomic E-state index is 16.8. The highest BCUT2D eigenvalue weighted by Crippen LogP contribution is 2.52. The molecule has 7 atom stereocenters. The maximum absolute atomic E-state index is 16.8. The van der Waals surface area contributed by atoms with Crippen molar-refractivity contribution in [3.05, 3.63) is 41.6 Å². The number of hydrogen-bond donors (Lipinski definition) is 2. The van der Waals surface area contributed by atoms with Crippen molar-refractivity contribution in [2.45, 2.75) is 139 Å². The summed E-state index contributed by atoms with van der Waals surface area (Å²) in [5, 5.41) is 3.52. The number of halogens is 1. The van der Waals surface area contributed by atoms with Gasteiger partial charge in [0, 0.05) is 42.2 Å². The van der Waals surface area contributed by atoms with Gasteiger partial charge in [0.05, 0.1) is 35.7 Å². The zero-order chi connectivity index (χ0) is 40.2. The number of nitrogens with zero attached hydrogens (tertiary/aromatic N) is 2. The molecule has 3 amide bonds. The number of aromatic nitrogens is 1. The average Bonchev–Trinajstić information content (AvgIpc) is 4.04. The minimum atomic E-state index is -3.99. The van der Waals surface area contributed by atoms with Crippen LogP contribution in [-0.4, -0.2) is 84.3 Å². The third-order valence-corrected chi connectivity index (χ3v) is 15.2. The molecule has 2 aromatic rings. The molecule has 1 aromatic carbocycles. The van der Waals surface area contributed by atoms with Gasteiger partial charge in [-0.1, -0.05) is 38.8 Å². The van der Waals surface area contributed by atoms with Crippen LogP contribution in [0.3, 0.4) is 0 Å². The molecule has 306 valence electrons. The molecular weight excluding hydrogens is 740 g/mol. The van der Waals surface area contributed by atoms with E-state index in [4.69, 9.17) is 19.2 Å². The monoisotopic (exact) mass is 796 g/mol. The lowest BCUT2D eigenvalue weighted by Gasteiger charge is -2.38. The van der Waals surface area contributed by atoms with Gasteiger partial charge >= 0.3 is 0 Å². The van der Waals surface area contributed by atoms with Gasteiger partial charge in [-0.25, -0.2) is 17.8 Å². The summed E-state index contributed by atoms with van der Waals surface area (Å²) < 4.78 is 62.9. The molecule has 1 spiro atoms. The first kappa shape index (κ1) is 40.4. The molecule has 2 saturated carbocycles. The molecular formula is C42H57FN4O8S. The Morgan fingerprint density at radius 2 is 1.91 bits per heavy atom. The summed E-state index contributed by atoms with van der Waals surface area (Å²) in [5.41, 5.74) is -1.34. The van der Waals surface area contributed by atoms with Gasteiger partial charge in [0.15, 0.2) is 0 Å². The molecule has 3 fully saturated rings. The van der Waals surface area contributed by atoms with Crippen molar-refractivity contribution >= 4 is 38.6 Å². The van der Waals surface area contributed by atoms with Crippen LogP contribution in [-0.2, 0) is 29.1 Å². The van der Waals surface area contributed by atoms with E-state index in [0.29, 0.717) is 66.1 Å². The van der Waals surface area contributed by atoms with Crippen molar-refractivity contribution in [1.82, 2.24) is 19.9 Å². The number of methoxy groups -OCH3 is 1. The Labute approximate surface area is 329 Å². The zero-order valence-corrected chi connectivity index (χ0v) is 34.3. The molecule has 56 heavy (non-hydrogen) atoms. The first-order valence-electron chi connectivity index (χ1n) is 20.3. The van der Waals surface area contributed by atoms with Crippen molar-refractivity contribution in [3.63, 3.8) is 0 Å². The van der Waals surface area contributed by atoms with Crippen molar-refractivity contribution < 1.29 is 41.4 Å². The average molecular weight is 797 g/mol. The number of aryl methyl sites for hydroxylation is 1. The van der Waals surface area contributed by atoms with Crippen LogP contribution in [0.4, 0.5) is 4.39 Å². The minimum Gasteiger partial charge on any atom is -0.497 e. The first-order chi connectivity index (χ1) is 26.5. The number of carbonyl (C=O) groups excluding carboxylic acids is 3. The van der Waals surface area contributed by atoms with Crippen LogP contribution in [0.2, 0.25) is 0 Å². The summed E-state index contributed by atoms with van der Waals surface area (Å²) in [7, 11) is -2.45. The van der Waals surface area contributed by atoms with E-state index in [9.17, 15) is 22.8 Å². The van der Waals surface area contributed by atoms with Crippen LogP contribution in [0, 0.1) is 24.7 Å². The number of carbonyl (C=O) groups is 3. The Bertz CT molecular complexity index is 2020. The SMILES string of the molecule is COc1ccc2nc(C)c3c(c2c1)[C@H](F)C[C@]1(C[C@H]2C(=O)N[C@]4(C(=O)NS(=O)(=O)C5(C)CC5)C[C@H]4/C=C\CCCCC[C@H](CCO[C@H](C)C(C)C)C(=O)N2C1)O3. The molecule has 0 bridgehead atoms. The standard InChI is InChI=1S/C42H57FN4O8S/c1-25(2)27(4)54-19-16-28-12-10-8-7-9-11-13-29-21-42(29,39(50)46-56(51,52)40(5)17-18-40)45-37(48)34-23-41(24-47(34)38(28)49)22-32(43)35-31-20-30(53-6)14-15-33(31)44-26(3)36(35)55-41/h11,13-15,20,25,27-29,32,34H,7-10,12,16-19,21-24H2,1-6H3,(H,45,48)(H,46,50)/b13-11-/t27-,28-,29-,32-,34+,41-,42-/m1/s1. The molecule has 4 heterocycles. The van der Waals surface area contributed by atoms with Gasteiger partial charge in [0.25, 0.3) is 5.91 Å². The number of allylic oxidation sites excluding steroid dienone is 1. The smallest absolute Gasteiger partial charge is 0.259 e. The summed E-state index contributed by atoms with van der Waals surface area (Å²) in [6, 6.07) is 4.18. The van der Waals surface area contributed by atoms with Crippen LogP contribution in [0.15, 0.2) is 30.4 Å². The third-order valence-electron chi connectivity index (χ3n) is 13.0. The zero-order valence-electron chi connectivity index (χ0n) is 33.5. The fourth-order valence-electron chi connectivity index (χ4n) is 8.64. The van der Waals surface area contributed by atoms with E-state index in [-0.39, 0.29) is 43.6 Å². The van der Waals surface area contributed by atoms with Gasteiger partial charge in [-0.2, -0.15) is 0 Å². The number of hydrogen-bond acceptors (Lipinski definition) is 9. The van der Waals surface area contributed by atoms with E-state index >= 15 is 4.39 Å². The van der Waals surface area contributed by atoms with Gasteiger partial charge in [-0.05, 0) is 89.8 Å². The Kier molecular flexibility index (Phi) is 11.0. The van der Waals surface area contributed by atoms with E-state index in [1.54, 1.807) is 39.2 Å². The van der Waals surface area contributed by atoms with E-state index in [1.165, 1.54) is 4.90 Å².